The van der Waals surface area contributed by atoms with E-state index in [0.29, 0.717) is 38.8 Å². The third-order valence-electron chi connectivity index (χ3n) is 7.07. The highest BCUT2D eigenvalue weighted by molar-refractivity contribution is 5.88. The van der Waals surface area contributed by atoms with Crippen LogP contribution in [-0.4, -0.2) is 65.3 Å². The van der Waals surface area contributed by atoms with Gasteiger partial charge in [-0.05, 0) is 66.6 Å². The molecule has 3 aromatic rings. The van der Waals surface area contributed by atoms with Gasteiger partial charge in [-0.1, -0.05) is 24.3 Å². The van der Waals surface area contributed by atoms with Gasteiger partial charge in [0.2, 0.25) is 5.91 Å². The maximum absolute atomic E-state index is 12.4. The molecule has 1 atom stereocenters. The number of alkyl halides is 1. The number of hydrogen-bond acceptors (Lipinski definition) is 6. The Labute approximate surface area is 210 Å². The number of nitrogens with zero attached hydrogens (tertiary/aromatic N) is 4. The van der Waals surface area contributed by atoms with Crippen LogP contribution in [0.2, 0.25) is 0 Å². The number of ether oxygens (including phenoxy) is 1. The summed E-state index contributed by atoms with van der Waals surface area (Å²) in [5, 5.41) is 12.6. The molecule has 0 radical (unpaired) electrons. The number of aromatic nitrogens is 2. The van der Waals surface area contributed by atoms with Crippen molar-refractivity contribution in [1.82, 2.24) is 14.9 Å². The number of allylic oxidation sites excluding steroid dienone is 1. The summed E-state index contributed by atoms with van der Waals surface area (Å²) in [7, 11) is 0. The van der Waals surface area contributed by atoms with Gasteiger partial charge in [0.15, 0.2) is 0 Å². The van der Waals surface area contributed by atoms with E-state index in [1.54, 1.807) is 11.0 Å². The summed E-state index contributed by atoms with van der Waals surface area (Å²) in [6.07, 6.45) is 5.04. The highest BCUT2D eigenvalue weighted by atomic mass is 19.1. The third-order valence-corrected chi connectivity index (χ3v) is 7.07. The molecule has 2 aromatic carbocycles. The molecular weight excluding hydrogens is 459 g/mol. The molecule has 5 rings (SSSR count). The highest BCUT2D eigenvalue weighted by Crippen LogP contribution is 2.40. The minimum absolute atomic E-state index is 0.159. The van der Waals surface area contributed by atoms with Gasteiger partial charge >= 0.3 is 6.01 Å². The Bertz CT molecular complexity index is 1290. The van der Waals surface area contributed by atoms with Crippen LogP contribution < -0.4 is 9.64 Å². The van der Waals surface area contributed by atoms with Crippen LogP contribution in [0.5, 0.6) is 11.8 Å². The number of phenols is 1. The van der Waals surface area contributed by atoms with Crippen molar-refractivity contribution in [2.45, 2.75) is 32.1 Å². The van der Waals surface area contributed by atoms with Gasteiger partial charge in [0.05, 0.1) is 12.3 Å². The number of carbonyl (C=O) groups excluding carboxylic acids is 1. The monoisotopic (exact) mass is 490 g/mol. The van der Waals surface area contributed by atoms with Gasteiger partial charge in [-0.25, -0.2) is 4.39 Å². The molecule has 0 spiro atoms. The summed E-state index contributed by atoms with van der Waals surface area (Å²) in [6.45, 7) is 4.14. The zero-order chi connectivity index (χ0) is 25.1. The molecule has 2 heterocycles. The summed E-state index contributed by atoms with van der Waals surface area (Å²) >= 11 is 0. The number of benzene rings is 2. The fraction of sp³-hybridized carbons (Fsp3) is 0.393. The number of piperazine rings is 1. The summed E-state index contributed by atoms with van der Waals surface area (Å²) in [5.74, 6) is 1.23. The standard InChI is InChI=1S/C28H31FN4O3/c1-2-36-28-30-25-17-20(24-18-21(34)16-19-6-3-4-7-22(19)24)9-10-23(25)27(31-28)33-14-12-32(13-15-33)26(35)8-5-11-29/h3-8,16,18,20,34H,2,9-15,17H2,1H3/b8-5+/t20-/m1/s1. The molecule has 1 aliphatic heterocycles. The van der Waals surface area contributed by atoms with Crippen LogP contribution in [0.3, 0.4) is 0 Å². The van der Waals surface area contributed by atoms with Crippen LogP contribution >= 0.6 is 0 Å². The largest absolute Gasteiger partial charge is 0.508 e. The van der Waals surface area contributed by atoms with Crippen LogP contribution in [0.25, 0.3) is 10.8 Å². The lowest BCUT2D eigenvalue weighted by Gasteiger charge is -2.37. The smallest absolute Gasteiger partial charge is 0.318 e. The molecule has 0 saturated carbocycles. The lowest BCUT2D eigenvalue weighted by molar-refractivity contribution is -0.126. The Morgan fingerprint density at radius 2 is 2.00 bits per heavy atom. The fourth-order valence-corrected chi connectivity index (χ4v) is 5.35. The Morgan fingerprint density at radius 1 is 1.19 bits per heavy atom. The quantitative estimate of drug-likeness (QED) is 0.523. The number of carbonyl (C=O) groups is 1. The molecule has 1 aromatic heterocycles. The number of rotatable bonds is 6. The number of halogens is 1. The van der Waals surface area contributed by atoms with E-state index in [0.717, 1.165) is 52.7 Å². The van der Waals surface area contributed by atoms with Gasteiger partial charge in [0, 0.05) is 37.8 Å². The van der Waals surface area contributed by atoms with E-state index >= 15 is 0 Å². The van der Waals surface area contributed by atoms with Gasteiger partial charge < -0.3 is 19.6 Å². The number of anilines is 1. The van der Waals surface area contributed by atoms with E-state index in [1.807, 2.05) is 31.2 Å². The molecule has 188 valence electrons. The van der Waals surface area contributed by atoms with E-state index in [1.165, 1.54) is 12.2 Å². The first-order chi connectivity index (χ1) is 17.6. The molecule has 7 nitrogen and oxygen atoms in total. The molecule has 0 bridgehead atoms. The topological polar surface area (TPSA) is 78.8 Å². The molecule has 1 fully saturated rings. The zero-order valence-corrected chi connectivity index (χ0v) is 20.5. The average molecular weight is 491 g/mol. The number of fused-ring (bicyclic) bond motifs is 2. The molecule has 0 unspecified atom stereocenters. The highest BCUT2D eigenvalue weighted by Gasteiger charge is 2.30. The van der Waals surface area contributed by atoms with Gasteiger partial charge in [-0.2, -0.15) is 9.97 Å². The van der Waals surface area contributed by atoms with Crippen LogP contribution in [0.4, 0.5) is 10.2 Å². The van der Waals surface area contributed by atoms with Crippen molar-refractivity contribution in [1.29, 1.82) is 0 Å². The van der Waals surface area contributed by atoms with Crippen molar-refractivity contribution in [3.8, 4) is 11.8 Å². The van der Waals surface area contributed by atoms with Crippen molar-refractivity contribution in [3.05, 3.63) is 65.4 Å². The van der Waals surface area contributed by atoms with Gasteiger partial charge in [-0.3, -0.25) is 4.79 Å². The first-order valence-electron chi connectivity index (χ1n) is 12.6. The van der Waals surface area contributed by atoms with E-state index in [2.05, 4.69) is 11.0 Å². The summed E-state index contributed by atoms with van der Waals surface area (Å²) in [6, 6.07) is 12.2. The third kappa shape index (κ3) is 4.85. The van der Waals surface area contributed by atoms with Crippen molar-refractivity contribution in [2.75, 3.05) is 44.4 Å². The zero-order valence-electron chi connectivity index (χ0n) is 20.5. The second-order valence-corrected chi connectivity index (χ2v) is 9.25. The predicted octanol–water partition coefficient (Wildman–Crippen LogP) is 4.18. The lowest BCUT2D eigenvalue weighted by Crippen LogP contribution is -2.49. The van der Waals surface area contributed by atoms with Crippen LogP contribution in [0, 0.1) is 0 Å². The number of phenolic OH excluding ortho intramolecular Hbond substituents is 1. The Kier molecular flexibility index (Phi) is 7.02. The van der Waals surface area contributed by atoms with E-state index < -0.39 is 6.67 Å². The minimum Gasteiger partial charge on any atom is -0.508 e. The van der Waals surface area contributed by atoms with Gasteiger partial charge in [0.1, 0.15) is 18.2 Å². The normalized spacial score (nSPS) is 18.0. The van der Waals surface area contributed by atoms with Gasteiger partial charge in [0.25, 0.3) is 0 Å². The SMILES string of the molecule is CCOc1nc2c(c(N3CCN(C(=O)/C=C/CF)CC3)n1)CC[C@@H](c1cc(O)cc3ccccc13)C2. The molecule has 1 saturated heterocycles. The Morgan fingerprint density at radius 3 is 2.78 bits per heavy atom. The van der Waals surface area contributed by atoms with Crippen molar-refractivity contribution in [3.63, 3.8) is 0 Å². The lowest BCUT2D eigenvalue weighted by atomic mass is 9.80. The average Bonchev–Trinajstić information content (AvgIpc) is 2.90. The predicted molar refractivity (Wildman–Crippen MR) is 137 cm³/mol. The van der Waals surface area contributed by atoms with Crippen molar-refractivity contribution < 1.29 is 19.0 Å². The maximum atomic E-state index is 12.4. The Balaban J connectivity index is 1.42. The maximum Gasteiger partial charge on any atom is 0.318 e. The summed E-state index contributed by atoms with van der Waals surface area (Å²) in [5.41, 5.74) is 3.26. The molecule has 8 heteroatoms. The van der Waals surface area contributed by atoms with Crippen LogP contribution in [-0.2, 0) is 17.6 Å². The van der Waals surface area contributed by atoms with Crippen molar-refractivity contribution >= 4 is 22.5 Å². The van der Waals surface area contributed by atoms with Gasteiger partial charge in [-0.15, -0.1) is 0 Å². The minimum atomic E-state index is -0.641. The molecule has 36 heavy (non-hydrogen) atoms. The number of aromatic hydroxyl groups is 1. The van der Waals surface area contributed by atoms with E-state index in [4.69, 9.17) is 14.7 Å². The van der Waals surface area contributed by atoms with E-state index in [-0.39, 0.29) is 17.6 Å². The summed E-state index contributed by atoms with van der Waals surface area (Å²) < 4.78 is 18.1. The Hall–Kier alpha value is -3.68. The second kappa shape index (κ2) is 10.5. The molecule has 1 amide bonds. The molecule has 1 aliphatic carbocycles. The first kappa shape index (κ1) is 24.0. The summed E-state index contributed by atoms with van der Waals surface area (Å²) in [4.78, 5) is 25.7. The van der Waals surface area contributed by atoms with Crippen molar-refractivity contribution in [2.24, 2.45) is 0 Å². The molecular formula is C28H31FN4O3. The molecule has 2 aliphatic rings. The fourth-order valence-electron chi connectivity index (χ4n) is 5.35. The van der Waals surface area contributed by atoms with Crippen LogP contribution in [0.1, 0.15) is 36.1 Å². The first-order valence-corrected chi connectivity index (χ1v) is 12.6. The second-order valence-electron chi connectivity index (χ2n) is 9.25. The number of hydrogen-bond donors (Lipinski definition) is 1. The van der Waals surface area contributed by atoms with E-state index in [9.17, 15) is 14.3 Å². The van der Waals surface area contributed by atoms with Crippen LogP contribution in [0.15, 0.2) is 48.6 Å². The number of amides is 1. The molecule has 1 N–H and O–H groups in total.